The van der Waals surface area contributed by atoms with Gasteiger partial charge in [0, 0.05) is 10.6 Å². The number of methoxy groups -OCH3 is 1. The topological polar surface area (TPSA) is 30.5 Å². The van der Waals surface area contributed by atoms with Gasteiger partial charge in [-0.15, -0.1) is 0 Å². The number of halogens is 1. The van der Waals surface area contributed by atoms with E-state index in [4.69, 9.17) is 21.1 Å². The Labute approximate surface area is 124 Å². The first kappa shape index (κ1) is 14.7. The summed E-state index contributed by atoms with van der Waals surface area (Å²) in [5.74, 6) is 1.61. The van der Waals surface area contributed by atoms with Crippen molar-refractivity contribution in [2.75, 3.05) is 20.8 Å². The van der Waals surface area contributed by atoms with Gasteiger partial charge < -0.3 is 14.8 Å². The van der Waals surface area contributed by atoms with Crippen molar-refractivity contribution in [3.8, 4) is 11.5 Å². The molecule has 4 heteroatoms. The summed E-state index contributed by atoms with van der Waals surface area (Å²) < 4.78 is 11.2. The predicted octanol–water partition coefficient (Wildman–Crippen LogP) is 3.69. The lowest BCUT2D eigenvalue weighted by Gasteiger charge is -2.19. The second-order valence-electron chi connectivity index (χ2n) is 4.35. The monoisotopic (exact) mass is 291 g/mol. The van der Waals surface area contributed by atoms with Crippen molar-refractivity contribution < 1.29 is 9.47 Å². The van der Waals surface area contributed by atoms with Gasteiger partial charge in [-0.2, -0.15) is 0 Å². The Bertz CT molecular complexity index is 560. The van der Waals surface area contributed by atoms with Crippen LogP contribution >= 0.6 is 11.6 Å². The SMILES string of the molecule is CNC(COc1cccc(Cl)c1)c1ccccc1OC. The van der Waals surface area contributed by atoms with Gasteiger partial charge in [0.25, 0.3) is 0 Å². The van der Waals surface area contributed by atoms with Gasteiger partial charge in [-0.25, -0.2) is 0 Å². The Balaban J connectivity index is 2.09. The zero-order valence-electron chi connectivity index (χ0n) is 11.6. The maximum atomic E-state index is 5.94. The standard InChI is InChI=1S/C16H18ClNO2/c1-18-15(14-8-3-4-9-16(14)19-2)11-20-13-7-5-6-12(17)10-13/h3-10,15,18H,11H2,1-2H3. The molecule has 0 spiro atoms. The highest BCUT2D eigenvalue weighted by Gasteiger charge is 2.14. The molecule has 0 saturated carbocycles. The molecule has 1 atom stereocenters. The van der Waals surface area contributed by atoms with Crippen LogP contribution < -0.4 is 14.8 Å². The Morgan fingerprint density at radius 1 is 1.15 bits per heavy atom. The number of ether oxygens (including phenoxy) is 2. The minimum absolute atomic E-state index is 0.0464. The van der Waals surface area contributed by atoms with Crippen molar-refractivity contribution in [1.29, 1.82) is 0 Å². The first-order chi connectivity index (χ1) is 9.74. The number of hydrogen-bond acceptors (Lipinski definition) is 3. The van der Waals surface area contributed by atoms with Crippen molar-refractivity contribution in [3.63, 3.8) is 0 Å². The molecule has 1 N–H and O–H groups in total. The molecule has 0 saturated heterocycles. The van der Waals surface area contributed by atoms with Crippen molar-refractivity contribution >= 4 is 11.6 Å². The summed E-state index contributed by atoms with van der Waals surface area (Å²) in [6.45, 7) is 0.497. The number of likely N-dealkylation sites (N-methyl/N-ethyl adjacent to an activating group) is 1. The lowest BCUT2D eigenvalue weighted by molar-refractivity contribution is 0.269. The summed E-state index contributed by atoms with van der Waals surface area (Å²) in [5, 5.41) is 3.91. The minimum atomic E-state index is 0.0464. The third kappa shape index (κ3) is 3.65. The van der Waals surface area contributed by atoms with E-state index in [2.05, 4.69) is 5.32 Å². The molecule has 0 aliphatic heterocycles. The Kier molecular flexibility index (Phi) is 5.27. The Hall–Kier alpha value is -1.71. The van der Waals surface area contributed by atoms with E-state index in [9.17, 15) is 0 Å². The number of nitrogens with one attached hydrogen (secondary N) is 1. The highest BCUT2D eigenvalue weighted by Crippen LogP contribution is 2.26. The van der Waals surface area contributed by atoms with Gasteiger partial charge in [-0.3, -0.25) is 0 Å². The summed E-state index contributed by atoms with van der Waals surface area (Å²) >= 11 is 5.94. The molecule has 0 bridgehead atoms. The maximum Gasteiger partial charge on any atom is 0.123 e. The molecule has 2 aromatic rings. The van der Waals surface area contributed by atoms with E-state index < -0.39 is 0 Å². The lowest BCUT2D eigenvalue weighted by atomic mass is 10.1. The smallest absolute Gasteiger partial charge is 0.123 e. The van der Waals surface area contributed by atoms with E-state index in [-0.39, 0.29) is 6.04 Å². The second-order valence-corrected chi connectivity index (χ2v) is 4.79. The predicted molar refractivity (Wildman–Crippen MR) is 81.7 cm³/mol. The molecular formula is C16H18ClNO2. The Morgan fingerprint density at radius 2 is 1.95 bits per heavy atom. The second kappa shape index (κ2) is 7.17. The van der Waals surface area contributed by atoms with E-state index in [1.54, 1.807) is 13.2 Å². The van der Waals surface area contributed by atoms with Crippen LogP contribution in [0.5, 0.6) is 11.5 Å². The quantitative estimate of drug-likeness (QED) is 0.880. The van der Waals surface area contributed by atoms with Crippen molar-refractivity contribution in [2.45, 2.75) is 6.04 Å². The van der Waals surface area contributed by atoms with E-state index in [1.165, 1.54) is 0 Å². The molecule has 0 fully saturated rings. The molecule has 0 radical (unpaired) electrons. The molecule has 0 aliphatic carbocycles. The van der Waals surface area contributed by atoms with E-state index in [0.29, 0.717) is 11.6 Å². The van der Waals surface area contributed by atoms with Crippen LogP contribution in [0.3, 0.4) is 0 Å². The van der Waals surface area contributed by atoms with Crippen molar-refractivity contribution in [1.82, 2.24) is 5.32 Å². The van der Waals surface area contributed by atoms with Crippen LogP contribution in [0.4, 0.5) is 0 Å². The van der Waals surface area contributed by atoms with E-state index in [0.717, 1.165) is 17.1 Å². The first-order valence-corrected chi connectivity index (χ1v) is 6.81. The fourth-order valence-electron chi connectivity index (χ4n) is 2.02. The molecule has 3 nitrogen and oxygen atoms in total. The summed E-state index contributed by atoms with van der Waals surface area (Å²) in [5.41, 5.74) is 1.07. The summed E-state index contributed by atoms with van der Waals surface area (Å²) in [6.07, 6.45) is 0. The molecule has 0 aliphatic rings. The minimum Gasteiger partial charge on any atom is -0.496 e. The van der Waals surface area contributed by atoms with Crippen LogP contribution in [0.15, 0.2) is 48.5 Å². The average Bonchev–Trinajstić information content (AvgIpc) is 2.48. The molecule has 20 heavy (non-hydrogen) atoms. The fourth-order valence-corrected chi connectivity index (χ4v) is 2.20. The van der Waals surface area contributed by atoms with Crippen LogP contribution in [0, 0.1) is 0 Å². The van der Waals surface area contributed by atoms with Crippen LogP contribution in [-0.4, -0.2) is 20.8 Å². The van der Waals surface area contributed by atoms with E-state index >= 15 is 0 Å². The van der Waals surface area contributed by atoms with Crippen LogP contribution in [0.2, 0.25) is 5.02 Å². The van der Waals surface area contributed by atoms with Crippen molar-refractivity contribution in [2.24, 2.45) is 0 Å². The normalized spacial score (nSPS) is 11.9. The molecular weight excluding hydrogens is 274 g/mol. The number of rotatable bonds is 6. The molecule has 1 unspecified atom stereocenters. The van der Waals surface area contributed by atoms with Gasteiger partial charge in [0.05, 0.1) is 13.2 Å². The molecule has 2 aromatic carbocycles. The lowest BCUT2D eigenvalue weighted by Crippen LogP contribution is -2.23. The molecule has 2 rings (SSSR count). The average molecular weight is 292 g/mol. The number of benzene rings is 2. The molecule has 0 aromatic heterocycles. The summed E-state index contributed by atoms with van der Waals surface area (Å²) in [4.78, 5) is 0. The third-order valence-electron chi connectivity index (χ3n) is 3.08. The zero-order valence-corrected chi connectivity index (χ0v) is 12.4. The molecule has 0 amide bonds. The highest BCUT2D eigenvalue weighted by atomic mass is 35.5. The highest BCUT2D eigenvalue weighted by molar-refractivity contribution is 6.30. The van der Waals surface area contributed by atoms with Gasteiger partial charge in [0.2, 0.25) is 0 Å². The number of hydrogen-bond donors (Lipinski definition) is 1. The third-order valence-corrected chi connectivity index (χ3v) is 3.31. The number of para-hydroxylation sites is 1. The Morgan fingerprint density at radius 3 is 2.65 bits per heavy atom. The molecule has 106 valence electrons. The van der Waals surface area contributed by atoms with Crippen molar-refractivity contribution in [3.05, 3.63) is 59.1 Å². The van der Waals surface area contributed by atoms with Gasteiger partial charge in [0.15, 0.2) is 0 Å². The fraction of sp³-hybridized carbons (Fsp3) is 0.250. The van der Waals surface area contributed by atoms with Crippen LogP contribution in [0.25, 0.3) is 0 Å². The first-order valence-electron chi connectivity index (χ1n) is 6.43. The van der Waals surface area contributed by atoms with Gasteiger partial charge in [-0.1, -0.05) is 35.9 Å². The van der Waals surface area contributed by atoms with E-state index in [1.807, 2.05) is 49.5 Å². The van der Waals surface area contributed by atoms with Crippen LogP contribution in [0.1, 0.15) is 11.6 Å². The van der Waals surface area contributed by atoms with Crippen LogP contribution in [-0.2, 0) is 0 Å². The summed E-state index contributed by atoms with van der Waals surface area (Å²) in [6, 6.07) is 15.3. The van der Waals surface area contributed by atoms with Gasteiger partial charge >= 0.3 is 0 Å². The molecule has 0 heterocycles. The van der Waals surface area contributed by atoms with Gasteiger partial charge in [0.1, 0.15) is 18.1 Å². The largest absolute Gasteiger partial charge is 0.496 e. The van der Waals surface area contributed by atoms with Gasteiger partial charge in [-0.05, 0) is 31.3 Å². The maximum absolute atomic E-state index is 5.94. The zero-order chi connectivity index (χ0) is 14.4. The summed E-state index contributed by atoms with van der Waals surface area (Å²) in [7, 11) is 3.57.